The Kier molecular flexibility index (Phi) is 6.06. The minimum absolute atomic E-state index is 0.114. The zero-order valence-electron chi connectivity index (χ0n) is 16.4. The minimum Gasteiger partial charge on any atom is -0.504 e. The molecule has 4 nitrogen and oxygen atoms in total. The molecule has 6 heteroatoms. The summed E-state index contributed by atoms with van der Waals surface area (Å²) in [5.41, 5.74) is 3.53. The summed E-state index contributed by atoms with van der Waals surface area (Å²) in [6, 6.07) is 19.6. The zero-order chi connectivity index (χ0) is 21.1. The maximum Gasteiger partial charge on any atom is 0.162 e. The Bertz CT molecular complexity index is 1050. The first kappa shape index (κ1) is 20.4. The quantitative estimate of drug-likeness (QED) is 0.451. The van der Waals surface area contributed by atoms with E-state index in [9.17, 15) is 9.50 Å². The van der Waals surface area contributed by atoms with Crippen molar-refractivity contribution in [1.82, 2.24) is 10.6 Å². The van der Waals surface area contributed by atoms with Crippen LogP contribution in [0.4, 0.5) is 4.39 Å². The summed E-state index contributed by atoms with van der Waals surface area (Å²) in [7, 11) is 0. The molecule has 1 aliphatic heterocycles. The number of hydrogen-bond donors (Lipinski definition) is 3. The van der Waals surface area contributed by atoms with E-state index >= 15 is 0 Å². The molecule has 154 valence electrons. The van der Waals surface area contributed by atoms with Gasteiger partial charge in [-0.1, -0.05) is 52.3 Å². The third-order valence-corrected chi connectivity index (χ3v) is 5.53. The molecule has 1 aliphatic rings. The molecule has 1 heterocycles. The third-order valence-electron chi connectivity index (χ3n) is 5.00. The van der Waals surface area contributed by atoms with Gasteiger partial charge in [-0.25, -0.2) is 4.39 Å². The number of para-hydroxylation sites is 1. The van der Waals surface area contributed by atoms with E-state index in [1.165, 1.54) is 12.1 Å². The molecular weight excluding hydrogens is 447 g/mol. The van der Waals surface area contributed by atoms with E-state index in [4.69, 9.17) is 4.74 Å². The van der Waals surface area contributed by atoms with E-state index in [1.54, 1.807) is 18.2 Å². The summed E-state index contributed by atoms with van der Waals surface area (Å²) < 4.78 is 20.0. The first-order valence-electron chi connectivity index (χ1n) is 9.75. The number of nitrogens with one attached hydrogen (secondary N) is 2. The van der Waals surface area contributed by atoms with E-state index in [1.807, 2.05) is 49.4 Å². The molecule has 3 aromatic carbocycles. The number of hydrogen-bond acceptors (Lipinski definition) is 4. The van der Waals surface area contributed by atoms with Crippen LogP contribution in [0, 0.1) is 5.82 Å². The fraction of sp³-hybridized carbons (Fsp3) is 0.167. The van der Waals surface area contributed by atoms with Crippen LogP contribution in [0.3, 0.4) is 0 Å². The highest BCUT2D eigenvalue weighted by molar-refractivity contribution is 9.10. The lowest BCUT2D eigenvalue weighted by atomic mass is 9.97. The summed E-state index contributed by atoms with van der Waals surface area (Å²) in [5.74, 6) is 0.284. The molecule has 30 heavy (non-hydrogen) atoms. The molecule has 3 aromatic rings. The molecule has 0 aromatic heterocycles. The van der Waals surface area contributed by atoms with Gasteiger partial charge < -0.3 is 15.2 Å². The van der Waals surface area contributed by atoms with Crippen molar-refractivity contribution < 1.29 is 14.2 Å². The normalized spacial score (nSPS) is 18.4. The molecule has 2 atom stereocenters. The lowest BCUT2D eigenvalue weighted by Gasteiger charge is -2.33. The van der Waals surface area contributed by atoms with Crippen molar-refractivity contribution in [1.29, 1.82) is 0 Å². The van der Waals surface area contributed by atoms with Crippen LogP contribution in [0.25, 0.3) is 5.70 Å². The highest BCUT2D eigenvalue weighted by atomic mass is 79.9. The van der Waals surface area contributed by atoms with Crippen molar-refractivity contribution in [2.45, 2.75) is 19.1 Å². The Morgan fingerprint density at radius 3 is 2.47 bits per heavy atom. The monoisotopic (exact) mass is 468 g/mol. The van der Waals surface area contributed by atoms with Crippen LogP contribution in [0.5, 0.6) is 11.5 Å². The predicted molar refractivity (Wildman–Crippen MR) is 120 cm³/mol. The Morgan fingerprint density at radius 2 is 1.77 bits per heavy atom. The first-order chi connectivity index (χ1) is 14.5. The van der Waals surface area contributed by atoms with Crippen molar-refractivity contribution in [3.63, 3.8) is 0 Å². The van der Waals surface area contributed by atoms with Crippen LogP contribution >= 0.6 is 15.9 Å². The zero-order valence-corrected chi connectivity index (χ0v) is 18.0. The van der Waals surface area contributed by atoms with Crippen molar-refractivity contribution in [2.24, 2.45) is 0 Å². The van der Waals surface area contributed by atoms with Gasteiger partial charge in [-0.05, 0) is 54.5 Å². The fourth-order valence-corrected chi connectivity index (χ4v) is 3.79. The van der Waals surface area contributed by atoms with Gasteiger partial charge in [-0.3, -0.25) is 5.32 Å². The fourth-order valence-electron chi connectivity index (χ4n) is 3.53. The van der Waals surface area contributed by atoms with Gasteiger partial charge in [0.05, 0.1) is 12.6 Å². The molecule has 0 bridgehead atoms. The van der Waals surface area contributed by atoms with E-state index in [-0.39, 0.29) is 23.8 Å². The van der Waals surface area contributed by atoms with Crippen molar-refractivity contribution in [2.75, 3.05) is 6.61 Å². The van der Waals surface area contributed by atoms with Crippen molar-refractivity contribution in [3.05, 3.63) is 99.8 Å². The molecule has 3 N–H and O–H groups in total. The molecule has 4 rings (SSSR count). The summed E-state index contributed by atoms with van der Waals surface area (Å²) in [5, 5.41) is 17.8. The topological polar surface area (TPSA) is 53.5 Å². The standard InChI is InChI=1S/C24H22BrFN2O2/c1-2-30-22-5-3-4-19(23(22)29)21-14-20(15-6-10-17(25)11-7-15)27-24(28-21)16-8-12-18(26)13-9-16/h3-14,21,24,27-29H,2H2,1H3. The third kappa shape index (κ3) is 4.35. The van der Waals surface area contributed by atoms with E-state index in [0.717, 1.165) is 21.3 Å². The average molecular weight is 469 g/mol. The number of ether oxygens (including phenoxy) is 1. The maximum absolute atomic E-state index is 13.4. The lowest BCUT2D eigenvalue weighted by molar-refractivity contribution is 0.314. The highest BCUT2D eigenvalue weighted by Crippen LogP contribution is 2.38. The van der Waals surface area contributed by atoms with Crippen LogP contribution in [0.15, 0.2) is 77.3 Å². The van der Waals surface area contributed by atoms with Crippen LogP contribution in [-0.4, -0.2) is 11.7 Å². The number of aromatic hydroxyl groups is 1. The molecule has 0 saturated carbocycles. The van der Waals surface area contributed by atoms with Crippen molar-refractivity contribution >= 4 is 21.6 Å². The van der Waals surface area contributed by atoms with E-state index < -0.39 is 0 Å². The summed E-state index contributed by atoms with van der Waals surface area (Å²) in [6.07, 6.45) is 1.77. The molecule has 0 fully saturated rings. The second-order valence-corrected chi connectivity index (χ2v) is 7.90. The molecule has 2 unspecified atom stereocenters. The van der Waals surface area contributed by atoms with Crippen LogP contribution in [0.1, 0.15) is 35.8 Å². The maximum atomic E-state index is 13.4. The first-order valence-corrected chi connectivity index (χ1v) is 10.5. The van der Waals surface area contributed by atoms with Gasteiger partial charge >= 0.3 is 0 Å². The molecular formula is C24H22BrFN2O2. The smallest absolute Gasteiger partial charge is 0.162 e. The molecule has 0 aliphatic carbocycles. The number of phenols is 1. The number of benzene rings is 3. The van der Waals surface area contributed by atoms with Crippen molar-refractivity contribution in [3.8, 4) is 11.5 Å². The number of phenolic OH excluding ortho intramolecular Hbond substituents is 1. The van der Waals surface area contributed by atoms with Crippen LogP contribution in [-0.2, 0) is 0 Å². The van der Waals surface area contributed by atoms with Gasteiger partial charge in [0.2, 0.25) is 0 Å². The van der Waals surface area contributed by atoms with Gasteiger partial charge in [-0.15, -0.1) is 0 Å². The SMILES string of the molecule is CCOc1cccc(C2C=C(c3ccc(Br)cc3)NC(c3ccc(F)cc3)N2)c1O. The van der Waals surface area contributed by atoms with Crippen LogP contribution < -0.4 is 15.4 Å². The average Bonchev–Trinajstić information content (AvgIpc) is 2.76. The Labute approximate surface area is 183 Å². The number of rotatable bonds is 5. The summed E-state index contributed by atoms with van der Waals surface area (Å²) in [6.45, 7) is 2.35. The second-order valence-electron chi connectivity index (χ2n) is 6.99. The molecule has 0 spiro atoms. The molecule has 0 saturated heterocycles. The Balaban J connectivity index is 1.75. The minimum atomic E-state index is -0.281. The predicted octanol–water partition coefficient (Wildman–Crippen LogP) is 5.67. The van der Waals surface area contributed by atoms with Gasteiger partial charge in [0, 0.05) is 15.7 Å². The Morgan fingerprint density at radius 1 is 1.03 bits per heavy atom. The Hall–Kier alpha value is -2.83. The van der Waals surface area contributed by atoms with Gasteiger partial charge in [0.1, 0.15) is 12.0 Å². The lowest BCUT2D eigenvalue weighted by Crippen LogP contribution is -2.39. The van der Waals surface area contributed by atoms with E-state index in [0.29, 0.717) is 17.9 Å². The van der Waals surface area contributed by atoms with Gasteiger partial charge in [-0.2, -0.15) is 0 Å². The largest absolute Gasteiger partial charge is 0.504 e. The second kappa shape index (κ2) is 8.90. The summed E-state index contributed by atoms with van der Waals surface area (Å²) >= 11 is 3.47. The number of halogens is 2. The highest BCUT2D eigenvalue weighted by Gasteiger charge is 2.26. The van der Waals surface area contributed by atoms with E-state index in [2.05, 4.69) is 26.6 Å². The molecule has 0 radical (unpaired) electrons. The summed E-state index contributed by atoms with van der Waals surface area (Å²) in [4.78, 5) is 0. The molecule has 0 amide bonds. The van der Waals surface area contributed by atoms with Gasteiger partial charge in [0.25, 0.3) is 0 Å². The van der Waals surface area contributed by atoms with Crippen LogP contribution in [0.2, 0.25) is 0 Å². The van der Waals surface area contributed by atoms with Gasteiger partial charge in [0.15, 0.2) is 11.5 Å².